The summed E-state index contributed by atoms with van der Waals surface area (Å²) >= 11 is 0. The third-order valence-electron chi connectivity index (χ3n) is 7.19. The molecule has 2 unspecified atom stereocenters. The maximum atomic E-state index is 13.2. The third-order valence-corrected chi connectivity index (χ3v) is 7.19. The first kappa shape index (κ1) is 20.4. The minimum absolute atomic E-state index is 0.143. The molecule has 0 spiro atoms. The summed E-state index contributed by atoms with van der Waals surface area (Å²) in [6, 6.07) is 8.38. The molecule has 0 aromatic heterocycles. The first-order valence-electron chi connectivity index (χ1n) is 11.5. The number of benzene rings is 1. The van der Waals surface area contributed by atoms with Crippen LogP contribution >= 0.6 is 0 Å². The number of hydrogen-bond donors (Lipinski definition) is 1. The number of likely N-dealkylation sites (tertiary alicyclic amines) is 1. The summed E-state index contributed by atoms with van der Waals surface area (Å²) in [6.45, 7) is 3.36. The zero-order chi connectivity index (χ0) is 20.2. The number of carbonyl (C=O) groups is 2. The Morgan fingerprint density at radius 2 is 1.69 bits per heavy atom. The average Bonchev–Trinajstić information content (AvgIpc) is 2.78. The molecule has 158 valence electrons. The monoisotopic (exact) mass is 397 g/mol. The normalized spacial score (nSPS) is 25.3. The van der Waals surface area contributed by atoms with E-state index >= 15 is 0 Å². The number of piperidine rings is 2. The molecule has 5 nitrogen and oxygen atoms in total. The summed E-state index contributed by atoms with van der Waals surface area (Å²) < 4.78 is 0. The molecule has 3 fully saturated rings. The molecule has 4 rings (SSSR count). The van der Waals surface area contributed by atoms with Crippen LogP contribution < -0.4 is 5.32 Å². The van der Waals surface area contributed by atoms with Crippen molar-refractivity contribution in [2.75, 3.05) is 26.7 Å². The molecule has 1 aromatic rings. The molecule has 1 N–H and O–H groups in total. The number of nitrogens with zero attached hydrogens (tertiary/aromatic N) is 2. The first-order valence-corrected chi connectivity index (χ1v) is 11.5. The van der Waals surface area contributed by atoms with Crippen LogP contribution in [0.15, 0.2) is 24.3 Å². The average molecular weight is 398 g/mol. The smallest absolute Gasteiger partial charge is 0.254 e. The quantitative estimate of drug-likeness (QED) is 0.847. The standard InChI is InChI=1S/C24H35N3O2/c1-26(23(28)21-12-14-25-15-13-21)17-18-8-10-20(11-9-18)24(29)27-16-4-6-19-5-2-3-7-22(19)27/h8-11,19,21-22,25H,2-7,12-17H2,1H3. The lowest BCUT2D eigenvalue weighted by atomic mass is 9.78. The van der Waals surface area contributed by atoms with E-state index in [0.717, 1.165) is 56.4 Å². The number of amides is 2. The third kappa shape index (κ3) is 4.66. The van der Waals surface area contributed by atoms with E-state index in [0.29, 0.717) is 18.5 Å². The van der Waals surface area contributed by atoms with Crippen molar-refractivity contribution in [2.24, 2.45) is 11.8 Å². The Labute approximate surface area is 174 Å². The minimum Gasteiger partial charge on any atom is -0.341 e. The molecule has 0 bridgehead atoms. The summed E-state index contributed by atoms with van der Waals surface area (Å²) in [4.78, 5) is 29.8. The van der Waals surface area contributed by atoms with Gasteiger partial charge >= 0.3 is 0 Å². The van der Waals surface area contributed by atoms with Crippen molar-refractivity contribution >= 4 is 11.8 Å². The van der Waals surface area contributed by atoms with E-state index in [4.69, 9.17) is 0 Å². The molecular weight excluding hydrogens is 362 g/mol. The van der Waals surface area contributed by atoms with Crippen LogP contribution in [0.4, 0.5) is 0 Å². The van der Waals surface area contributed by atoms with Gasteiger partial charge in [-0.05, 0) is 75.2 Å². The second kappa shape index (κ2) is 9.29. The van der Waals surface area contributed by atoms with Crippen LogP contribution in [0, 0.1) is 11.8 Å². The van der Waals surface area contributed by atoms with Crippen molar-refractivity contribution in [1.82, 2.24) is 15.1 Å². The number of nitrogens with one attached hydrogen (secondary N) is 1. The predicted octanol–water partition coefficient (Wildman–Crippen LogP) is 3.44. The molecule has 5 heteroatoms. The number of carbonyl (C=O) groups excluding carboxylic acids is 2. The fourth-order valence-corrected chi connectivity index (χ4v) is 5.53. The molecule has 2 atom stereocenters. The Morgan fingerprint density at radius 1 is 1.00 bits per heavy atom. The highest BCUT2D eigenvalue weighted by molar-refractivity contribution is 5.94. The molecule has 1 aromatic carbocycles. The van der Waals surface area contributed by atoms with Crippen LogP contribution in [0.3, 0.4) is 0 Å². The van der Waals surface area contributed by atoms with Gasteiger partial charge in [0.05, 0.1) is 0 Å². The van der Waals surface area contributed by atoms with Crippen LogP contribution in [-0.2, 0) is 11.3 Å². The highest BCUT2D eigenvalue weighted by atomic mass is 16.2. The summed E-state index contributed by atoms with van der Waals surface area (Å²) in [5.41, 5.74) is 1.87. The lowest BCUT2D eigenvalue weighted by Gasteiger charge is -2.44. The Balaban J connectivity index is 1.37. The summed E-state index contributed by atoms with van der Waals surface area (Å²) in [5.74, 6) is 1.27. The van der Waals surface area contributed by atoms with Crippen molar-refractivity contribution < 1.29 is 9.59 Å². The topological polar surface area (TPSA) is 52.7 Å². The van der Waals surface area contributed by atoms with Gasteiger partial charge in [0.2, 0.25) is 5.91 Å². The molecule has 2 heterocycles. The van der Waals surface area contributed by atoms with Gasteiger partial charge in [-0.3, -0.25) is 9.59 Å². The van der Waals surface area contributed by atoms with E-state index in [9.17, 15) is 9.59 Å². The summed E-state index contributed by atoms with van der Waals surface area (Å²) in [6.07, 6.45) is 9.29. The second-order valence-electron chi connectivity index (χ2n) is 9.17. The van der Waals surface area contributed by atoms with Crippen molar-refractivity contribution in [1.29, 1.82) is 0 Å². The van der Waals surface area contributed by atoms with E-state index in [1.165, 1.54) is 25.7 Å². The van der Waals surface area contributed by atoms with Gasteiger partial charge in [0, 0.05) is 37.7 Å². The lowest BCUT2D eigenvalue weighted by molar-refractivity contribution is -0.135. The second-order valence-corrected chi connectivity index (χ2v) is 9.17. The fourth-order valence-electron chi connectivity index (χ4n) is 5.53. The van der Waals surface area contributed by atoms with Crippen molar-refractivity contribution in [3.8, 4) is 0 Å². The van der Waals surface area contributed by atoms with Gasteiger partial charge in [-0.2, -0.15) is 0 Å². The van der Waals surface area contributed by atoms with Crippen LogP contribution in [0.25, 0.3) is 0 Å². The van der Waals surface area contributed by atoms with E-state index in [1.807, 2.05) is 36.2 Å². The lowest BCUT2D eigenvalue weighted by Crippen LogP contribution is -2.49. The molecule has 2 aliphatic heterocycles. The van der Waals surface area contributed by atoms with E-state index in [1.54, 1.807) is 0 Å². The van der Waals surface area contributed by atoms with Gasteiger partial charge in [0.1, 0.15) is 0 Å². The van der Waals surface area contributed by atoms with Crippen LogP contribution in [0.1, 0.15) is 67.3 Å². The predicted molar refractivity (Wildman–Crippen MR) is 115 cm³/mol. The number of fused-ring (bicyclic) bond motifs is 1. The van der Waals surface area contributed by atoms with E-state index < -0.39 is 0 Å². The summed E-state index contributed by atoms with van der Waals surface area (Å²) in [5, 5.41) is 3.31. The minimum atomic E-state index is 0.143. The highest BCUT2D eigenvalue weighted by Crippen LogP contribution is 2.36. The number of hydrogen-bond acceptors (Lipinski definition) is 3. The molecule has 29 heavy (non-hydrogen) atoms. The fraction of sp³-hybridized carbons (Fsp3) is 0.667. The van der Waals surface area contributed by atoms with Crippen molar-refractivity contribution in [2.45, 2.75) is 64.0 Å². The van der Waals surface area contributed by atoms with E-state index in [2.05, 4.69) is 10.2 Å². The van der Waals surface area contributed by atoms with Gasteiger partial charge in [0.25, 0.3) is 5.91 Å². The molecule has 1 aliphatic carbocycles. The van der Waals surface area contributed by atoms with Crippen LogP contribution in [0.2, 0.25) is 0 Å². The van der Waals surface area contributed by atoms with Gasteiger partial charge in [-0.25, -0.2) is 0 Å². The van der Waals surface area contributed by atoms with Gasteiger partial charge in [0.15, 0.2) is 0 Å². The zero-order valence-corrected chi connectivity index (χ0v) is 17.7. The molecular formula is C24H35N3O2. The highest BCUT2D eigenvalue weighted by Gasteiger charge is 2.36. The molecule has 3 aliphatic rings. The SMILES string of the molecule is CN(Cc1ccc(C(=O)N2CCCC3CCCCC32)cc1)C(=O)C1CCNCC1. The van der Waals surface area contributed by atoms with Gasteiger partial charge < -0.3 is 15.1 Å². The molecule has 1 saturated carbocycles. The Hall–Kier alpha value is -1.88. The van der Waals surface area contributed by atoms with Crippen molar-refractivity contribution in [3.63, 3.8) is 0 Å². The van der Waals surface area contributed by atoms with Gasteiger partial charge in [-0.15, -0.1) is 0 Å². The Morgan fingerprint density at radius 3 is 2.45 bits per heavy atom. The molecule has 2 amide bonds. The van der Waals surface area contributed by atoms with Crippen LogP contribution in [0.5, 0.6) is 0 Å². The van der Waals surface area contributed by atoms with Crippen molar-refractivity contribution in [3.05, 3.63) is 35.4 Å². The Kier molecular flexibility index (Phi) is 6.53. The largest absolute Gasteiger partial charge is 0.341 e. The summed E-state index contributed by atoms with van der Waals surface area (Å²) in [7, 11) is 1.89. The first-order chi connectivity index (χ1) is 14.1. The Bertz CT molecular complexity index is 709. The zero-order valence-electron chi connectivity index (χ0n) is 17.7. The number of rotatable bonds is 4. The van der Waals surface area contributed by atoms with Crippen LogP contribution in [-0.4, -0.2) is 54.3 Å². The maximum Gasteiger partial charge on any atom is 0.254 e. The molecule has 0 radical (unpaired) electrons. The molecule has 2 saturated heterocycles. The van der Waals surface area contributed by atoms with Gasteiger partial charge in [-0.1, -0.05) is 25.0 Å². The maximum absolute atomic E-state index is 13.2. The van der Waals surface area contributed by atoms with E-state index in [-0.39, 0.29) is 17.7 Å².